The Labute approximate surface area is 338 Å². The fourth-order valence-corrected chi connectivity index (χ4v) is 10.8. The summed E-state index contributed by atoms with van der Waals surface area (Å²) in [5.41, 5.74) is 14.8. The lowest BCUT2D eigenvalue weighted by Gasteiger charge is -2.28. The summed E-state index contributed by atoms with van der Waals surface area (Å²) in [5, 5.41) is 8.63. The second-order valence-electron chi connectivity index (χ2n) is 16.7. The molecule has 278 valence electrons. The lowest BCUT2D eigenvalue weighted by atomic mass is 9.76. The van der Waals surface area contributed by atoms with Gasteiger partial charge in [0.05, 0.1) is 0 Å². The first-order valence-electron chi connectivity index (χ1n) is 20.9. The molecule has 0 amide bonds. The van der Waals surface area contributed by atoms with Gasteiger partial charge in [-0.3, -0.25) is 0 Å². The molecule has 12 rings (SSSR count). The lowest BCUT2D eigenvalue weighted by Crippen LogP contribution is -2.10. The molecule has 2 heteroatoms. The van der Waals surface area contributed by atoms with E-state index in [1.165, 1.54) is 71.6 Å². The first-order chi connectivity index (χ1) is 28.6. The Hall–Kier alpha value is -6.64. The molecule has 0 bridgehead atoms. The monoisotopic (exact) mass is 746 g/mol. The van der Waals surface area contributed by atoms with Crippen LogP contribution in [0.2, 0.25) is 0 Å². The molecule has 2 aromatic heterocycles. The largest absolute Gasteiger partial charge is 0.452 e. The zero-order chi connectivity index (χ0) is 38.5. The number of benzene rings is 7. The topological polar surface area (TPSA) is 26.3 Å². The maximum atomic E-state index is 6.61. The third-order valence-corrected chi connectivity index (χ3v) is 13.5. The highest BCUT2D eigenvalue weighted by Gasteiger charge is 2.31. The van der Waals surface area contributed by atoms with E-state index in [2.05, 4.69) is 172 Å². The van der Waals surface area contributed by atoms with Crippen LogP contribution in [0.5, 0.6) is 0 Å². The molecule has 4 atom stereocenters. The lowest BCUT2D eigenvalue weighted by molar-refractivity contribution is 0.567. The molecule has 2 heterocycles. The summed E-state index contributed by atoms with van der Waals surface area (Å²) >= 11 is 0. The summed E-state index contributed by atoms with van der Waals surface area (Å²) in [7, 11) is 0. The quantitative estimate of drug-likeness (QED) is 0.168. The molecule has 0 N–H and O–H groups in total. The summed E-state index contributed by atoms with van der Waals surface area (Å²) in [6.45, 7) is 4.72. The Morgan fingerprint density at radius 3 is 2.12 bits per heavy atom. The van der Waals surface area contributed by atoms with Crippen molar-refractivity contribution in [1.29, 1.82) is 0 Å². The van der Waals surface area contributed by atoms with Crippen LogP contribution in [0.25, 0.3) is 83.3 Å². The molecule has 0 saturated heterocycles. The van der Waals surface area contributed by atoms with E-state index in [1.54, 1.807) is 0 Å². The first-order valence-corrected chi connectivity index (χ1v) is 20.9. The number of para-hydroxylation sites is 1. The standard InChI is InChI=1S/C56H42O2/c1-33-13-9-14-35-15-12-25-41(51(33)35)37-17-11-19-39(32-37)54-45-23-5-3-21-43(45)53(44-22-4-6-24-46(44)54)38-18-10-16-36(31-38)40-29-30-50-52(34(40)2)48-28-27-47-42-20-7-8-26-49(42)57-55(47)56(48)58-50/h3-12,14-31,33-34,39-40H,13,32H2,1-2H3. The van der Waals surface area contributed by atoms with Gasteiger partial charge in [0.25, 0.3) is 0 Å². The Morgan fingerprint density at radius 1 is 0.569 bits per heavy atom. The Kier molecular flexibility index (Phi) is 7.48. The van der Waals surface area contributed by atoms with Gasteiger partial charge >= 0.3 is 0 Å². The average Bonchev–Trinajstić information content (AvgIpc) is 3.85. The van der Waals surface area contributed by atoms with Crippen molar-refractivity contribution in [2.75, 3.05) is 0 Å². The van der Waals surface area contributed by atoms with Crippen molar-refractivity contribution in [2.45, 2.75) is 50.4 Å². The number of rotatable bonds is 4. The van der Waals surface area contributed by atoms with E-state index in [0.29, 0.717) is 5.92 Å². The molecule has 0 fully saturated rings. The molecular formula is C56H42O2. The second kappa shape index (κ2) is 12.9. The van der Waals surface area contributed by atoms with Gasteiger partial charge in [0, 0.05) is 33.6 Å². The van der Waals surface area contributed by atoms with E-state index in [4.69, 9.17) is 8.83 Å². The van der Waals surface area contributed by atoms with Crippen LogP contribution in [0.15, 0.2) is 167 Å². The maximum Gasteiger partial charge on any atom is 0.178 e. The van der Waals surface area contributed by atoms with Crippen molar-refractivity contribution < 1.29 is 8.83 Å². The van der Waals surface area contributed by atoms with Crippen molar-refractivity contribution in [1.82, 2.24) is 0 Å². The summed E-state index contributed by atoms with van der Waals surface area (Å²) in [6, 6.07) is 47.1. The van der Waals surface area contributed by atoms with E-state index in [0.717, 1.165) is 51.5 Å². The first kappa shape index (κ1) is 33.5. The van der Waals surface area contributed by atoms with E-state index in [-0.39, 0.29) is 17.8 Å². The van der Waals surface area contributed by atoms with Gasteiger partial charge in [-0.2, -0.15) is 0 Å². The van der Waals surface area contributed by atoms with Crippen LogP contribution in [0.4, 0.5) is 0 Å². The third kappa shape index (κ3) is 4.97. The smallest absolute Gasteiger partial charge is 0.178 e. The van der Waals surface area contributed by atoms with E-state index < -0.39 is 0 Å². The molecule has 58 heavy (non-hydrogen) atoms. The van der Waals surface area contributed by atoms with Crippen molar-refractivity contribution in [3.05, 3.63) is 197 Å². The molecule has 0 radical (unpaired) electrons. The number of hydrogen-bond acceptors (Lipinski definition) is 2. The molecule has 9 aromatic rings. The highest BCUT2D eigenvalue weighted by atomic mass is 16.4. The minimum atomic E-state index is 0.191. The zero-order valence-electron chi connectivity index (χ0n) is 32.7. The van der Waals surface area contributed by atoms with E-state index >= 15 is 0 Å². The van der Waals surface area contributed by atoms with Crippen molar-refractivity contribution in [2.24, 2.45) is 0 Å². The maximum absolute atomic E-state index is 6.61. The summed E-state index contributed by atoms with van der Waals surface area (Å²) in [4.78, 5) is 0. The highest BCUT2D eigenvalue weighted by Crippen LogP contribution is 2.50. The Bertz CT molecular complexity index is 3230. The van der Waals surface area contributed by atoms with E-state index in [1.807, 2.05) is 12.1 Å². The summed E-state index contributed by atoms with van der Waals surface area (Å²) in [5.74, 6) is 2.11. The predicted octanol–water partition coefficient (Wildman–Crippen LogP) is 15.9. The molecular weight excluding hydrogens is 705 g/mol. The van der Waals surface area contributed by atoms with Crippen molar-refractivity contribution in [3.8, 4) is 11.1 Å². The summed E-state index contributed by atoms with van der Waals surface area (Å²) < 4.78 is 13.0. The molecule has 0 spiro atoms. The van der Waals surface area contributed by atoms with E-state index in [9.17, 15) is 0 Å². The molecule has 0 saturated carbocycles. The Balaban J connectivity index is 0.951. The van der Waals surface area contributed by atoms with Gasteiger partial charge in [0.2, 0.25) is 0 Å². The van der Waals surface area contributed by atoms with Crippen LogP contribution in [0.1, 0.15) is 89.5 Å². The molecule has 2 nitrogen and oxygen atoms in total. The van der Waals surface area contributed by atoms with Gasteiger partial charge in [-0.15, -0.1) is 0 Å². The van der Waals surface area contributed by atoms with Crippen molar-refractivity contribution in [3.63, 3.8) is 0 Å². The van der Waals surface area contributed by atoms with Crippen LogP contribution < -0.4 is 0 Å². The minimum absolute atomic E-state index is 0.191. The number of allylic oxidation sites excluding steroid dienone is 6. The SMILES string of the molecule is CC1CC=Cc2cccc(C3=CC=CC(c4c5ccccc5c(-c5cccc(C6C=Cc7oc8c(ccc9c%10ccccc%10oc98)c7C6C)c5)c5ccccc45)C3)c21. The van der Waals surface area contributed by atoms with Crippen LogP contribution in [0, 0.1) is 0 Å². The summed E-state index contributed by atoms with van der Waals surface area (Å²) in [6.07, 6.45) is 18.3. The zero-order valence-corrected chi connectivity index (χ0v) is 32.7. The number of fused-ring (bicyclic) bond motifs is 10. The van der Waals surface area contributed by atoms with Gasteiger partial charge in [-0.05, 0) is 115 Å². The second-order valence-corrected chi connectivity index (χ2v) is 16.7. The average molecular weight is 747 g/mol. The molecule has 3 aliphatic carbocycles. The van der Waals surface area contributed by atoms with Crippen LogP contribution in [0.3, 0.4) is 0 Å². The van der Waals surface area contributed by atoms with Gasteiger partial charge in [0.15, 0.2) is 11.2 Å². The van der Waals surface area contributed by atoms with Gasteiger partial charge in [-0.25, -0.2) is 0 Å². The molecule has 4 unspecified atom stereocenters. The van der Waals surface area contributed by atoms with Crippen LogP contribution >= 0.6 is 0 Å². The molecule has 3 aliphatic rings. The minimum Gasteiger partial charge on any atom is -0.452 e. The van der Waals surface area contributed by atoms with Crippen LogP contribution in [-0.2, 0) is 0 Å². The van der Waals surface area contributed by atoms with Gasteiger partial charge in [-0.1, -0.05) is 159 Å². The fraction of sp³-hybridized carbons (Fsp3) is 0.143. The van der Waals surface area contributed by atoms with Gasteiger partial charge < -0.3 is 8.83 Å². The predicted molar refractivity (Wildman–Crippen MR) is 244 cm³/mol. The Morgan fingerprint density at radius 2 is 1.29 bits per heavy atom. The molecule has 0 aliphatic heterocycles. The number of furan rings is 2. The fourth-order valence-electron chi connectivity index (χ4n) is 10.8. The molecule has 7 aromatic carbocycles. The van der Waals surface area contributed by atoms with Gasteiger partial charge in [0.1, 0.15) is 11.3 Å². The normalized spacial score (nSPS) is 20.0. The van der Waals surface area contributed by atoms with Crippen LogP contribution in [-0.4, -0.2) is 0 Å². The van der Waals surface area contributed by atoms with Crippen molar-refractivity contribution >= 4 is 72.2 Å². The highest BCUT2D eigenvalue weighted by molar-refractivity contribution is 6.16. The third-order valence-electron chi connectivity index (χ3n) is 13.5. The number of hydrogen-bond donors (Lipinski definition) is 0.